The SMILES string of the molecule is CCOC(=O)CN1CCN(C(=O)c2ccc(C3=C/C(=C4\C(=O)Nc5cc(F)ccc54)OC3(C)C)cc2)CC1. The Bertz CT molecular complexity index is 1350. The van der Waals surface area contributed by atoms with Gasteiger partial charge in [0.1, 0.15) is 17.2 Å². The summed E-state index contributed by atoms with van der Waals surface area (Å²) in [4.78, 5) is 41.3. The van der Waals surface area contributed by atoms with Crippen LogP contribution in [0, 0.1) is 5.82 Å². The van der Waals surface area contributed by atoms with Crippen molar-refractivity contribution in [3.8, 4) is 0 Å². The lowest BCUT2D eigenvalue weighted by atomic mass is 9.91. The first-order valence-electron chi connectivity index (χ1n) is 12.7. The number of amides is 2. The van der Waals surface area contributed by atoms with Crippen LogP contribution in [0.15, 0.2) is 54.3 Å². The third kappa shape index (κ3) is 4.93. The standard InChI is InChI=1S/C29H30FN3O5/c1-4-37-25(34)17-32-11-13-33(14-12-32)28(36)19-7-5-18(6-8-19)22-16-24(38-29(22,2)3)26-21-10-9-20(30)15-23(21)31-27(26)35/h5-10,15-16H,4,11-14,17H2,1-3H3,(H,31,35)/b26-24+. The third-order valence-electron chi connectivity index (χ3n) is 7.02. The smallest absolute Gasteiger partial charge is 0.320 e. The predicted molar refractivity (Wildman–Crippen MR) is 141 cm³/mol. The molecular weight excluding hydrogens is 489 g/mol. The van der Waals surface area contributed by atoms with Crippen LogP contribution in [0.1, 0.15) is 42.3 Å². The molecule has 0 spiro atoms. The lowest BCUT2D eigenvalue weighted by Crippen LogP contribution is -2.50. The highest BCUT2D eigenvalue weighted by molar-refractivity contribution is 6.32. The van der Waals surface area contributed by atoms with E-state index in [4.69, 9.17) is 9.47 Å². The Balaban J connectivity index is 1.31. The largest absolute Gasteiger partial charge is 0.482 e. The van der Waals surface area contributed by atoms with Crippen molar-refractivity contribution in [1.82, 2.24) is 9.80 Å². The van der Waals surface area contributed by atoms with Gasteiger partial charge in [-0.2, -0.15) is 0 Å². The maximum absolute atomic E-state index is 13.6. The van der Waals surface area contributed by atoms with Crippen molar-refractivity contribution in [2.45, 2.75) is 26.4 Å². The molecule has 0 aromatic heterocycles. The van der Waals surface area contributed by atoms with Gasteiger partial charge in [0.2, 0.25) is 0 Å². The van der Waals surface area contributed by atoms with Crippen molar-refractivity contribution in [3.63, 3.8) is 0 Å². The molecule has 198 valence electrons. The zero-order valence-electron chi connectivity index (χ0n) is 21.7. The molecule has 0 atom stereocenters. The number of fused-ring (bicyclic) bond motifs is 1. The van der Waals surface area contributed by atoms with E-state index in [9.17, 15) is 18.8 Å². The molecule has 0 saturated carbocycles. The zero-order valence-corrected chi connectivity index (χ0v) is 21.7. The molecule has 2 aromatic carbocycles. The minimum atomic E-state index is -0.716. The fourth-order valence-electron chi connectivity index (χ4n) is 5.08. The summed E-state index contributed by atoms with van der Waals surface area (Å²) < 4.78 is 24.8. The second-order valence-electron chi connectivity index (χ2n) is 10.0. The molecule has 38 heavy (non-hydrogen) atoms. The van der Waals surface area contributed by atoms with Crippen molar-refractivity contribution in [3.05, 3.63) is 76.8 Å². The number of hydrogen-bond donors (Lipinski definition) is 1. The monoisotopic (exact) mass is 519 g/mol. The Kier molecular flexibility index (Phi) is 6.79. The van der Waals surface area contributed by atoms with Crippen molar-refractivity contribution < 1.29 is 28.2 Å². The number of hydrogen-bond acceptors (Lipinski definition) is 6. The average Bonchev–Trinajstić information content (AvgIpc) is 3.38. The Hall–Kier alpha value is -3.98. The number of ether oxygens (including phenoxy) is 2. The van der Waals surface area contributed by atoms with Crippen LogP contribution in [0.5, 0.6) is 0 Å². The van der Waals surface area contributed by atoms with E-state index in [1.54, 1.807) is 30.0 Å². The Morgan fingerprint density at radius 3 is 2.47 bits per heavy atom. The molecule has 9 heteroatoms. The summed E-state index contributed by atoms with van der Waals surface area (Å²) in [6.45, 7) is 8.51. The Morgan fingerprint density at radius 2 is 1.79 bits per heavy atom. The van der Waals surface area contributed by atoms with Crippen molar-refractivity contribution in [2.75, 3.05) is 44.6 Å². The molecule has 0 unspecified atom stereocenters. The second-order valence-corrected chi connectivity index (χ2v) is 10.0. The van der Waals surface area contributed by atoms with Crippen LogP contribution < -0.4 is 5.32 Å². The summed E-state index contributed by atoms with van der Waals surface area (Å²) in [5.74, 6) is -0.641. The van der Waals surface area contributed by atoms with Crippen LogP contribution in [0.3, 0.4) is 0 Å². The fraction of sp³-hybridized carbons (Fsp3) is 0.345. The first kappa shape index (κ1) is 25.7. The number of allylic oxidation sites excluding steroid dienone is 1. The number of carbonyl (C=O) groups is 3. The number of esters is 1. The Labute approximate surface area is 220 Å². The summed E-state index contributed by atoms with van der Waals surface area (Å²) in [5.41, 5.74) is 3.00. The summed E-state index contributed by atoms with van der Waals surface area (Å²) in [6.07, 6.45) is 1.84. The lowest BCUT2D eigenvalue weighted by Gasteiger charge is -2.34. The number of halogens is 1. The molecule has 2 aromatic rings. The lowest BCUT2D eigenvalue weighted by molar-refractivity contribution is -0.144. The molecule has 3 aliphatic heterocycles. The molecular formula is C29H30FN3O5. The van der Waals surface area contributed by atoms with E-state index < -0.39 is 11.4 Å². The normalized spacial score (nSPS) is 20.5. The van der Waals surface area contributed by atoms with Crippen LogP contribution in [-0.4, -0.2) is 72.5 Å². The van der Waals surface area contributed by atoms with Crippen LogP contribution in [-0.2, 0) is 19.1 Å². The highest BCUT2D eigenvalue weighted by Crippen LogP contribution is 2.44. The van der Waals surface area contributed by atoms with Gasteiger partial charge in [-0.15, -0.1) is 0 Å². The van der Waals surface area contributed by atoms with Crippen molar-refractivity contribution in [1.29, 1.82) is 0 Å². The topological polar surface area (TPSA) is 88.2 Å². The predicted octanol–water partition coefficient (Wildman–Crippen LogP) is 3.70. The molecule has 0 aliphatic carbocycles. The van der Waals surface area contributed by atoms with Gasteiger partial charge in [0.15, 0.2) is 0 Å². The first-order chi connectivity index (χ1) is 18.2. The number of carbonyl (C=O) groups excluding carboxylic acids is 3. The number of nitrogens with zero attached hydrogens (tertiary/aromatic N) is 2. The van der Waals surface area contributed by atoms with Gasteiger partial charge in [0.25, 0.3) is 11.8 Å². The summed E-state index contributed by atoms with van der Waals surface area (Å²) >= 11 is 0. The number of anilines is 1. The molecule has 1 N–H and O–H groups in total. The minimum Gasteiger partial charge on any atom is -0.482 e. The van der Waals surface area contributed by atoms with Crippen molar-refractivity contribution in [2.24, 2.45) is 0 Å². The van der Waals surface area contributed by atoms with Crippen LogP contribution in [0.2, 0.25) is 0 Å². The highest BCUT2D eigenvalue weighted by Gasteiger charge is 2.38. The first-order valence-corrected chi connectivity index (χ1v) is 12.7. The minimum absolute atomic E-state index is 0.0579. The molecule has 2 amide bonds. The maximum Gasteiger partial charge on any atom is 0.320 e. The maximum atomic E-state index is 13.6. The number of benzene rings is 2. The van der Waals surface area contributed by atoms with Gasteiger partial charge in [-0.25, -0.2) is 4.39 Å². The van der Waals surface area contributed by atoms with Gasteiger partial charge in [0.05, 0.1) is 24.4 Å². The van der Waals surface area contributed by atoms with E-state index in [0.717, 1.165) is 11.1 Å². The van der Waals surface area contributed by atoms with Gasteiger partial charge in [-0.3, -0.25) is 19.3 Å². The van der Waals surface area contributed by atoms with E-state index in [-0.39, 0.29) is 24.3 Å². The molecule has 1 fully saturated rings. The van der Waals surface area contributed by atoms with E-state index in [1.165, 1.54) is 12.1 Å². The molecule has 1 saturated heterocycles. The number of nitrogens with one attached hydrogen (secondary N) is 1. The van der Waals surface area contributed by atoms with Crippen LogP contribution >= 0.6 is 0 Å². The van der Waals surface area contributed by atoms with E-state index in [0.29, 0.717) is 60.9 Å². The molecule has 0 radical (unpaired) electrons. The highest BCUT2D eigenvalue weighted by atomic mass is 19.1. The number of rotatable bonds is 5. The van der Waals surface area contributed by atoms with Crippen LogP contribution in [0.4, 0.5) is 10.1 Å². The molecule has 0 bridgehead atoms. The molecule has 5 rings (SSSR count). The molecule has 3 aliphatic rings. The van der Waals surface area contributed by atoms with Gasteiger partial charge >= 0.3 is 5.97 Å². The fourth-order valence-corrected chi connectivity index (χ4v) is 5.08. The van der Waals surface area contributed by atoms with Gasteiger partial charge in [-0.05, 0) is 62.7 Å². The summed E-state index contributed by atoms with van der Waals surface area (Å²) in [6, 6.07) is 11.5. The quantitative estimate of drug-likeness (QED) is 0.479. The molecule has 3 heterocycles. The Morgan fingerprint density at radius 1 is 1.08 bits per heavy atom. The number of piperazine rings is 1. The second kappa shape index (κ2) is 10.1. The summed E-state index contributed by atoms with van der Waals surface area (Å²) in [7, 11) is 0. The zero-order chi connectivity index (χ0) is 27.0. The van der Waals surface area contributed by atoms with Gasteiger partial charge < -0.3 is 19.7 Å². The summed E-state index contributed by atoms with van der Waals surface area (Å²) in [5, 5.41) is 2.70. The van der Waals surface area contributed by atoms with Crippen molar-refractivity contribution >= 4 is 34.6 Å². The van der Waals surface area contributed by atoms with Crippen LogP contribution in [0.25, 0.3) is 11.1 Å². The molecule has 8 nitrogen and oxygen atoms in total. The van der Waals surface area contributed by atoms with Gasteiger partial charge in [-0.1, -0.05) is 12.1 Å². The average molecular weight is 520 g/mol. The van der Waals surface area contributed by atoms with E-state index >= 15 is 0 Å². The van der Waals surface area contributed by atoms with E-state index in [1.807, 2.05) is 37.0 Å². The third-order valence-corrected chi connectivity index (χ3v) is 7.02. The van der Waals surface area contributed by atoms with Gasteiger partial charge in [0, 0.05) is 42.9 Å². The van der Waals surface area contributed by atoms with E-state index in [2.05, 4.69) is 5.32 Å².